The number of carbonyl (C=O) groups is 1. The monoisotopic (exact) mass is 253 g/mol. The lowest BCUT2D eigenvalue weighted by molar-refractivity contribution is -0.119. The van der Waals surface area contributed by atoms with Gasteiger partial charge >= 0.3 is 0 Å². The largest absolute Gasteiger partial charge is 0.273 e. The van der Waals surface area contributed by atoms with Gasteiger partial charge in [0.2, 0.25) is 15.9 Å². The van der Waals surface area contributed by atoms with Gasteiger partial charge in [-0.25, -0.2) is 12.7 Å². The maximum atomic E-state index is 11.8. The number of aryl methyl sites for hydroxylation is 1. The molecule has 1 amide bonds. The van der Waals surface area contributed by atoms with Gasteiger partial charge in [-0.3, -0.25) is 4.79 Å². The van der Waals surface area contributed by atoms with Crippen LogP contribution in [-0.2, 0) is 21.2 Å². The predicted molar refractivity (Wildman–Crippen MR) is 66.3 cm³/mol. The minimum absolute atomic E-state index is 0.0959. The van der Waals surface area contributed by atoms with Gasteiger partial charge in [-0.1, -0.05) is 26.0 Å². The average molecular weight is 253 g/mol. The van der Waals surface area contributed by atoms with E-state index in [0.29, 0.717) is 5.69 Å². The van der Waals surface area contributed by atoms with Gasteiger partial charge in [-0.2, -0.15) is 0 Å². The van der Waals surface area contributed by atoms with Crippen LogP contribution in [0, 0.1) is 5.92 Å². The van der Waals surface area contributed by atoms with Crippen molar-refractivity contribution in [3.05, 3.63) is 29.8 Å². The Labute approximate surface area is 101 Å². The molecule has 0 N–H and O–H groups in total. The SMILES string of the molecule is CCc1ccc(N2C(=O)C(C)CS2(=O)=O)cc1. The van der Waals surface area contributed by atoms with Crippen LogP contribution < -0.4 is 4.31 Å². The van der Waals surface area contributed by atoms with Crippen molar-refractivity contribution < 1.29 is 13.2 Å². The molecule has 1 atom stereocenters. The number of benzene rings is 1. The first-order valence-electron chi connectivity index (χ1n) is 5.61. The molecular formula is C12H15NO3S. The van der Waals surface area contributed by atoms with Crippen LogP contribution in [0.3, 0.4) is 0 Å². The summed E-state index contributed by atoms with van der Waals surface area (Å²) in [6.07, 6.45) is 0.886. The van der Waals surface area contributed by atoms with E-state index in [2.05, 4.69) is 0 Å². The van der Waals surface area contributed by atoms with Gasteiger partial charge in [0.15, 0.2) is 0 Å². The zero-order valence-electron chi connectivity index (χ0n) is 9.88. The number of nitrogens with zero attached hydrogens (tertiary/aromatic N) is 1. The highest BCUT2D eigenvalue weighted by molar-refractivity contribution is 7.94. The van der Waals surface area contributed by atoms with Crippen LogP contribution in [-0.4, -0.2) is 20.1 Å². The summed E-state index contributed by atoms with van der Waals surface area (Å²) >= 11 is 0. The van der Waals surface area contributed by atoms with E-state index < -0.39 is 15.9 Å². The number of amides is 1. The summed E-state index contributed by atoms with van der Waals surface area (Å²) in [7, 11) is -3.47. The molecule has 2 rings (SSSR count). The first-order chi connectivity index (χ1) is 7.95. The van der Waals surface area contributed by atoms with Crippen LogP contribution in [0.15, 0.2) is 24.3 Å². The van der Waals surface area contributed by atoms with Crippen molar-refractivity contribution in [3.63, 3.8) is 0 Å². The van der Waals surface area contributed by atoms with Crippen molar-refractivity contribution in [3.8, 4) is 0 Å². The Morgan fingerprint density at radius 3 is 2.29 bits per heavy atom. The van der Waals surface area contributed by atoms with E-state index in [1.807, 2.05) is 19.1 Å². The topological polar surface area (TPSA) is 54.5 Å². The van der Waals surface area contributed by atoms with E-state index in [-0.39, 0.29) is 11.7 Å². The molecule has 0 bridgehead atoms. The summed E-state index contributed by atoms with van der Waals surface area (Å²) in [5.41, 5.74) is 1.56. The molecule has 5 heteroatoms. The number of sulfonamides is 1. The molecule has 0 spiro atoms. The number of hydrogen-bond acceptors (Lipinski definition) is 3. The second kappa shape index (κ2) is 4.14. The maximum absolute atomic E-state index is 11.8. The molecule has 17 heavy (non-hydrogen) atoms. The Bertz CT molecular complexity index is 533. The quantitative estimate of drug-likeness (QED) is 0.803. The maximum Gasteiger partial charge on any atom is 0.244 e. The molecule has 92 valence electrons. The Morgan fingerprint density at radius 2 is 1.88 bits per heavy atom. The van der Waals surface area contributed by atoms with Crippen LogP contribution in [0.5, 0.6) is 0 Å². The van der Waals surface area contributed by atoms with Gasteiger partial charge in [-0.05, 0) is 24.1 Å². The van der Waals surface area contributed by atoms with E-state index in [9.17, 15) is 13.2 Å². The molecule has 1 saturated heterocycles. The molecular weight excluding hydrogens is 238 g/mol. The van der Waals surface area contributed by atoms with Gasteiger partial charge in [0.25, 0.3) is 0 Å². The Hall–Kier alpha value is -1.36. The second-order valence-corrected chi connectivity index (χ2v) is 6.16. The van der Waals surface area contributed by atoms with Crippen molar-refractivity contribution in [1.82, 2.24) is 0 Å². The lowest BCUT2D eigenvalue weighted by atomic mass is 10.1. The Kier molecular flexibility index (Phi) is 2.95. The molecule has 1 fully saturated rings. The van der Waals surface area contributed by atoms with Gasteiger partial charge in [0, 0.05) is 0 Å². The van der Waals surface area contributed by atoms with Crippen LogP contribution in [0.4, 0.5) is 5.69 Å². The highest BCUT2D eigenvalue weighted by Gasteiger charge is 2.41. The summed E-state index contributed by atoms with van der Waals surface area (Å²) < 4.78 is 24.6. The molecule has 1 aromatic rings. The summed E-state index contributed by atoms with van der Waals surface area (Å²) in [6, 6.07) is 7.07. The Morgan fingerprint density at radius 1 is 1.29 bits per heavy atom. The molecule has 4 nitrogen and oxygen atoms in total. The highest BCUT2D eigenvalue weighted by Crippen LogP contribution is 2.28. The molecule has 1 aliphatic rings. The molecule has 1 aliphatic heterocycles. The van der Waals surface area contributed by atoms with Crippen LogP contribution in [0.25, 0.3) is 0 Å². The molecule has 0 radical (unpaired) electrons. The number of rotatable bonds is 2. The van der Waals surface area contributed by atoms with E-state index in [0.717, 1.165) is 16.3 Å². The summed E-state index contributed by atoms with van der Waals surface area (Å²) in [5, 5.41) is 0. The molecule has 1 unspecified atom stereocenters. The van der Waals surface area contributed by atoms with E-state index >= 15 is 0 Å². The van der Waals surface area contributed by atoms with E-state index in [1.54, 1.807) is 19.1 Å². The first kappa shape index (κ1) is 12.1. The standard InChI is InChI=1S/C12H15NO3S/c1-3-10-4-6-11(7-5-10)13-12(14)9(2)8-17(13,15)16/h4-7,9H,3,8H2,1-2H3. The van der Waals surface area contributed by atoms with E-state index in [1.165, 1.54) is 0 Å². The third kappa shape index (κ3) is 2.07. The van der Waals surface area contributed by atoms with Crippen molar-refractivity contribution >= 4 is 21.6 Å². The average Bonchev–Trinajstić information content (AvgIpc) is 2.48. The molecule has 0 aliphatic carbocycles. The van der Waals surface area contributed by atoms with Crippen LogP contribution in [0.1, 0.15) is 19.4 Å². The number of anilines is 1. The van der Waals surface area contributed by atoms with Crippen molar-refractivity contribution in [1.29, 1.82) is 0 Å². The zero-order valence-corrected chi connectivity index (χ0v) is 10.7. The van der Waals surface area contributed by atoms with Gasteiger partial charge < -0.3 is 0 Å². The fourth-order valence-corrected chi connectivity index (χ4v) is 3.77. The second-order valence-electron chi connectivity index (χ2n) is 4.30. The van der Waals surface area contributed by atoms with Crippen LogP contribution >= 0.6 is 0 Å². The number of hydrogen-bond donors (Lipinski definition) is 0. The first-order valence-corrected chi connectivity index (χ1v) is 7.22. The fourth-order valence-electron chi connectivity index (χ4n) is 1.95. The third-order valence-corrected chi connectivity index (χ3v) is 4.81. The van der Waals surface area contributed by atoms with Crippen molar-refractivity contribution in [2.45, 2.75) is 20.3 Å². The molecule has 0 aromatic heterocycles. The van der Waals surface area contributed by atoms with E-state index in [4.69, 9.17) is 0 Å². The van der Waals surface area contributed by atoms with Gasteiger partial charge in [0.1, 0.15) is 0 Å². The van der Waals surface area contributed by atoms with Crippen molar-refractivity contribution in [2.75, 3.05) is 10.1 Å². The smallest absolute Gasteiger partial charge is 0.244 e. The zero-order chi connectivity index (χ0) is 12.6. The molecule has 0 saturated carbocycles. The van der Waals surface area contributed by atoms with Crippen molar-refractivity contribution in [2.24, 2.45) is 5.92 Å². The summed E-state index contributed by atoms with van der Waals surface area (Å²) in [5.74, 6) is -0.887. The Balaban J connectivity index is 2.42. The number of carbonyl (C=O) groups excluding carboxylic acids is 1. The van der Waals surface area contributed by atoms with Gasteiger partial charge in [-0.15, -0.1) is 0 Å². The van der Waals surface area contributed by atoms with Gasteiger partial charge in [0.05, 0.1) is 17.4 Å². The minimum Gasteiger partial charge on any atom is -0.273 e. The highest BCUT2D eigenvalue weighted by atomic mass is 32.2. The summed E-state index contributed by atoms with van der Waals surface area (Å²) in [6.45, 7) is 3.66. The lowest BCUT2D eigenvalue weighted by Gasteiger charge is -2.15. The molecule has 1 heterocycles. The summed E-state index contributed by atoms with van der Waals surface area (Å²) in [4.78, 5) is 11.8. The third-order valence-electron chi connectivity index (χ3n) is 2.94. The normalized spacial score (nSPS) is 23.1. The minimum atomic E-state index is -3.47. The fraction of sp³-hybridized carbons (Fsp3) is 0.417. The lowest BCUT2D eigenvalue weighted by Crippen LogP contribution is -2.30. The predicted octanol–water partition coefficient (Wildman–Crippen LogP) is 1.56. The van der Waals surface area contributed by atoms with Crippen LogP contribution in [0.2, 0.25) is 0 Å². The molecule has 1 aromatic carbocycles.